The van der Waals surface area contributed by atoms with E-state index < -0.39 is 23.6 Å². The number of nitrogens with zero attached hydrogens (tertiary/aromatic N) is 5. The van der Waals surface area contributed by atoms with Gasteiger partial charge in [0.1, 0.15) is 29.7 Å². The van der Waals surface area contributed by atoms with E-state index in [0.29, 0.717) is 30.7 Å². The molecule has 8 nitrogen and oxygen atoms in total. The minimum absolute atomic E-state index is 0.191. The molecule has 3 heterocycles. The highest BCUT2D eigenvalue weighted by atomic mass is 19.1. The Morgan fingerprint density at radius 2 is 2.09 bits per heavy atom. The highest BCUT2D eigenvalue weighted by Gasteiger charge is 2.34. The number of carbonyl (C=O) groups is 2. The number of allylic oxidation sites excluding steroid dienone is 1. The molecule has 0 saturated carbocycles. The van der Waals surface area contributed by atoms with Crippen molar-refractivity contribution >= 4 is 17.3 Å². The number of carbonyl (C=O) groups excluding carboxylic acids is 2. The third-order valence-electron chi connectivity index (χ3n) is 5.96. The molecule has 1 N–H and O–H groups in total. The fourth-order valence-electron chi connectivity index (χ4n) is 4.38. The summed E-state index contributed by atoms with van der Waals surface area (Å²) >= 11 is 0. The summed E-state index contributed by atoms with van der Waals surface area (Å²) in [6, 6.07) is 6.73. The fourth-order valence-corrected chi connectivity index (χ4v) is 4.38. The minimum Gasteiger partial charge on any atom is -0.339 e. The van der Waals surface area contributed by atoms with Gasteiger partial charge in [-0.3, -0.25) is 9.59 Å². The third kappa shape index (κ3) is 3.61. The van der Waals surface area contributed by atoms with Crippen LogP contribution in [0, 0.1) is 23.0 Å². The van der Waals surface area contributed by atoms with Gasteiger partial charge in [0.05, 0.1) is 18.3 Å². The van der Waals surface area contributed by atoms with Crippen molar-refractivity contribution < 1.29 is 18.4 Å². The van der Waals surface area contributed by atoms with Gasteiger partial charge < -0.3 is 9.88 Å². The van der Waals surface area contributed by atoms with Crippen LogP contribution in [0.5, 0.6) is 0 Å². The average Bonchev–Trinajstić information content (AvgIpc) is 3.39. The highest BCUT2D eigenvalue weighted by molar-refractivity contribution is 6.24. The predicted octanol–water partition coefficient (Wildman–Crippen LogP) is 2.38. The largest absolute Gasteiger partial charge is 0.339 e. The molecule has 2 aromatic heterocycles. The third-order valence-corrected chi connectivity index (χ3v) is 5.96. The van der Waals surface area contributed by atoms with E-state index >= 15 is 0 Å². The van der Waals surface area contributed by atoms with Crippen LogP contribution in [-0.2, 0) is 24.3 Å². The number of Topliss-reactive ketones (excluding diaryl/α,β-unsaturated/α-hetero) is 1. The zero-order valence-electron chi connectivity index (χ0n) is 17.4. The summed E-state index contributed by atoms with van der Waals surface area (Å²) in [5, 5.41) is 16.2. The summed E-state index contributed by atoms with van der Waals surface area (Å²) in [5.74, 6) is -2.54. The van der Waals surface area contributed by atoms with E-state index in [1.54, 1.807) is 0 Å². The van der Waals surface area contributed by atoms with E-state index in [1.165, 1.54) is 12.4 Å². The normalized spacial score (nSPS) is 17.1. The molecule has 2 aliphatic rings. The molecule has 1 aliphatic heterocycles. The van der Waals surface area contributed by atoms with E-state index in [0.717, 1.165) is 34.5 Å². The molecule has 166 valence electrons. The number of amides is 1. The van der Waals surface area contributed by atoms with Crippen molar-refractivity contribution in [3.63, 3.8) is 0 Å². The van der Waals surface area contributed by atoms with Gasteiger partial charge in [0.2, 0.25) is 5.82 Å². The van der Waals surface area contributed by atoms with Crippen molar-refractivity contribution in [2.75, 3.05) is 0 Å². The first-order valence-corrected chi connectivity index (χ1v) is 10.5. The Bertz CT molecular complexity index is 1340. The van der Waals surface area contributed by atoms with Crippen molar-refractivity contribution in [3.05, 3.63) is 76.6 Å². The quantitative estimate of drug-likeness (QED) is 0.660. The average molecular weight is 448 g/mol. The van der Waals surface area contributed by atoms with Crippen LogP contribution in [0.1, 0.15) is 46.0 Å². The first-order chi connectivity index (χ1) is 16.0. The highest BCUT2D eigenvalue weighted by Crippen LogP contribution is 2.33. The van der Waals surface area contributed by atoms with Crippen LogP contribution < -0.4 is 5.32 Å². The molecule has 1 atom stereocenters. The molecule has 0 radical (unpaired) electrons. The molecule has 0 bridgehead atoms. The van der Waals surface area contributed by atoms with Gasteiger partial charge in [-0.1, -0.05) is 12.1 Å². The number of halogens is 2. The van der Waals surface area contributed by atoms with Gasteiger partial charge in [-0.2, -0.15) is 5.26 Å². The van der Waals surface area contributed by atoms with Gasteiger partial charge in [0.25, 0.3) is 5.91 Å². The number of rotatable bonds is 4. The lowest BCUT2D eigenvalue weighted by molar-refractivity contribution is -0.115. The number of aromatic nitrogens is 4. The fraction of sp³-hybridized carbons (Fsp3) is 0.261. The van der Waals surface area contributed by atoms with Crippen LogP contribution in [0.4, 0.5) is 8.78 Å². The van der Waals surface area contributed by atoms with Gasteiger partial charge >= 0.3 is 0 Å². The van der Waals surface area contributed by atoms with Crippen molar-refractivity contribution in [1.82, 2.24) is 24.6 Å². The molecule has 3 aromatic rings. The standard InChI is InChI=1S/C23H18F2N6O2/c24-17-5-2-6-18(25)16(17)11-30-12-27-22(29-30)23(33)28-19-7-8-31-14(10-26)9-13-3-1-4-15(20(13)31)21(19)32/h2,4-6,9,12,19H,1,3,7-8,11H2,(H,28,33). The van der Waals surface area contributed by atoms with Crippen molar-refractivity contribution in [2.45, 2.75) is 38.4 Å². The lowest BCUT2D eigenvalue weighted by atomic mass is 9.92. The van der Waals surface area contributed by atoms with Crippen LogP contribution in [-0.4, -0.2) is 37.1 Å². The molecule has 0 spiro atoms. The van der Waals surface area contributed by atoms with Gasteiger partial charge in [-0.15, -0.1) is 5.10 Å². The van der Waals surface area contributed by atoms with E-state index in [9.17, 15) is 23.6 Å². The summed E-state index contributed by atoms with van der Waals surface area (Å²) in [7, 11) is 0. The van der Waals surface area contributed by atoms with Crippen molar-refractivity contribution in [2.24, 2.45) is 0 Å². The lowest BCUT2D eigenvalue weighted by Gasteiger charge is -2.17. The van der Waals surface area contributed by atoms with E-state index in [-0.39, 0.29) is 23.7 Å². The van der Waals surface area contributed by atoms with Crippen molar-refractivity contribution in [3.8, 4) is 6.07 Å². The number of benzene rings is 1. The molecule has 1 aromatic carbocycles. The minimum atomic E-state index is -0.808. The van der Waals surface area contributed by atoms with Crippen LogP contribution in [0.15, 0.2) is 36.7 Å². The van der Waals surface area contributed by atoms with Crippen LogP contribution in [0.2, 0.25) is 0 Å². The summed E-state index contributed by atoms with van der Waals surface area (Å²) in [5.41, 5.74) is 2.53. The summed E-state index contributed by atoms with van der Waals surface area (Å²) in [4.78, 5) is 29.9. The topological polar surface area (TPSA) is 106 Å². The molecule has 1 amide bonds. The van der Waals surface area contributed by atoms with E-state index in [2.05, 4.69) is 21.5 Å². The van der Waals surface area contributed by atoms with Gasteiger partial charge in [0.15, 0.2) is 5.78 Å². The maximum absolute atomic E-state index is 13.9. The first kappa shape index (κ1) is 20.8. The Hall–Kier alpha value is -4.13. The molecule has 5 rings (SSSR count). The number of hydrogen-bond donors (Lipinski definition) is 1. The molecular weight excluding hydrogens is 430 g/mol. The zero-order chi connectivity index (χ0) is 23.1. The Morgan fingerprint density at radius 1 is 1.30 bits per heavy atom. The van der Waals surface area contributed by atoms with Gasteiger partial charge in [-0.05, 0) is 43.0 Å². The Balaban J connectivity index is 1.34. The van der Waals surface area contributed by atoms with Crippen LogP contribution >= 0.6 is 0 Å². The summed E-state index contributed by atoms with van der Waals surface area (Å²) in [6.07, 6.45) is 4.80. The second-order valence-corrected chi connectivity index (χ2v) is 7.97. The van der Waals surface area contributed by atoms with Crippen LogP contribution in [0.3, 0.4) is 0 Å². The first-order valence-electron chi connectivity index (χ1n) is 10.5. The Labute approximate surface area is 187 Å². The Kier molecular flexibility index (Phi) is 5.09. The molecule has 0 fully saturated rings. The number of aryl methyl sites for hydroxylation is 1. The number of ketones is 1. The van der Waals surface area contributed by atoms with Gasteiger partial charge in [-0.25, -0.2) is 18.4 Å². The number of hydrogen-bond acceptors (Lipinski definition) is 5. The Morgan fingerprint density at radius 3 is 2.85 bits per heavy atom. The number of nitrogens with one attached hydrogen (secondary N) is 1. The second kappa shape index (κ2) is 8.09. The predicted molar refractivity (Wildman–Crippen MR) is 112 cm³/mol. The smallest absolute Gasteiger partial charge is 0.291 e. The monoisotopic (exact) mass is 448 g/mol. The maximum Gasteiger partial charge on any atom is 0.291 e. The molecule has 1 unspecified atom stereocenters. The maximum atomic E-state index is 13.9. The van der Waals surface area contributed by atoms with Gasteiger partial charge in [0, 0.05) is 17.7 Å². The summed E-state index contributed by atoms with van der Waals surface area (Å²) < 4.78 is 30.8. The van der Waals surface area contributed by atoms with Crippen molar-refractivity contribution in [1.29, 1.82) is 5.26 Å². The zero-order valence-corrected chi connectivity index (χ0v) is 17.4. The molecular formula is C23H18F2N6O2. The van der Waals surface area contributed by atoms with E-state index in [4.69, 9.17) is 0 Å². The van der Waals surface area contributed by atoms with Crippen LogP contribution in [0.25, 0.3) is 5.57 Å². The number of nitriles is 1. The molecule has 10 heteroatoms. The second-order valence-electron chi connectivity index (χ2n) is 7.97. The summed E-state index contributed by atoms with van der Waals surface area (Å²) in [6.45, 7) is 0.171. The lowest BCUT2D eigenvalue weighted by Crippen LogP contribution is -2.41. The SMILES string of the molecule is N#Cc1cc2c3n1CCC(NC(=O)c1ncn(Cc4c(F)cccc4F)n1)C(=O)C3=CCC2. The molecule has 33 heavy (non-hydrogen) atoms. The molecule has 0 saturated heterocycles. The molecule has 1 aliphatic carbocycles. The van der Waals surface area contributed by atoms with E-state index in [1.807, 2.05) is 16.7 Å².